The van der Waals surface area contributed by atoms with E-state index in [2.05, 4.69) is 22.1 Å². The van der Waals surface area contributed by atoms with Gasteiger partial charge in [-0.3, -0.25) is 4.79 Å². The predicted molar refractivity (Wildman–Crippen MR) is 125 cm³/mol. The number of fused-ring (bicyclic) bond motifs is 1. The third-order valence-corrected chi connectivity index (χ3v) is 6.28. The lowest BCUT2D eigenvalue weighted by Gasteiger charge is -2.10. The number of nitrogens with one attached hydrogen (secondary N) is 1. The van der Waals surface area contributed by atoms with Gasteiger partial charge >= 0.3 is 5.97 Å². The Morgan fingerprint density at radius 2 is 2.00 bits per heavy atom. The largest absolute Gasteiger partial charge is 0.493 e. The van der Waals surface area contributed by atoms with Crippen LogP contribution in [-0.4, -0.2) is 27.7 Å². The molecular formula is C27H26N2O4. The molecule has 2 aromatic carbocycles. The van der Waals surface area contributed by atoms with E-state index < -0.39 is 5.97 Å². The summed E-state index contributed by atoms with van der Waals surface area (Å²) in [5.74, 6) is 1.59. The standard InChI is InChI=1S/C27H26N2O4/c1-17-24(29-27(33-17)19-6-4-18(5-7-19)25-3-2-13-28-25)12-14-32-22-10-11-23-20(15-22)8-9-21(23)16-26(30)31/h2-7,10-11,13,15,21,28H,8-9,12,14,16H2,1H3,(H,30,31)/t21-/m0/s1. The molecule has 6 nitrogen and oxygen atoms in total. The average molecular weight is 443 g/mol. The summed E-state index contributed by atoms with van der Waals surface area (Å²) in [6.07, 6.45) is 4.54. The Kier molecular flexibility index (Phi) is 5.73. The van der Waals surface area contributed by atoms with Crippen LogP contribution in [0.1, 0.15) is 41.3 Å². The quantitative estimate of drug-likeness (QED) is 0.362. The number of ether oxygens (including phenoxy) is 1. The lowest BCUT2D eigenvalue weighted by Crippen LogP contribution is -2.04. The molecule has 2 N–H and O–H groups in total. The number of benzene rings is 2. The van der Waals surface area contributed by atoms with Gasteiger partial charge in [0, 0.05) is 23.9 Å². The molecule has 1 aliphatic rings. The summed E-state index contributed by atoms with van der Waals surface area (Å²) in [6, 6.07) is 18.2. The molecule has 4 aromatic rings. The fraction of sp³-hybridized carbons (Fsp3) is 0.259. The van der Waals surface area contributed by atoms with E-state index in [4.69, 9.17) is 14.3 Å². The van der Waals surface area contributed by atoms with E-state index in [1.807, 2.05) is 55.6 Å². The Labute approximate surface area is 192 Å². The van der Waals surface area contributed by atoms with Crippen molar-refractivity contribution in [3.05, 3.63) is 83.4 Å². The van der Waals surface area contributed by atoms with E-state index in [1.54, 1.807) is 0 Å². The minimum atomic E-state index is -0.744. The molecule has 0 fully saturated rings. The molecule has 0 aliphatic heterocycles. The van der Waals surface area contributed by atoms with Gasteiger partial charge in [-0.05, 0) is 78.8 Å². The Hall–Kier alpha value is -3.80. The number of carboxylic acid groups (broad SMARTS) is 1. The number of H-pyrrole nitrogens is 1. The Morgan fingerprint density at radius 1 is 1.18 bits per heavy atom. The first-order chi connectivity index (χ1) is 16.1. The normalized spacial score (nSPS) is 14.9. The summed E-state index contributed by atoms with van der Waals surface area (Å²) in [6.45, 7) is 2.42. The zero-order chi connectivity index (χ0) is 22.8. The van der Waals surface area contributed by atoms with Crippen molar-refractivity contribution in [3.63, 3.8) is 0 Å². The molecule has 0 radical (unpaired) electrons. The second-order valence-electron chi connectivity index (χ2n) is 8.48. The van der Waals surface area contributed by atoms with Crippen molar-refractivity contribution < 1.29 is 19.1 Å². The Balaban J connectivity index is 1.21. The zero-order valence-electron chi connectivity index (χ0n) is 18.5. The van der Waals surface area contributed by atoms with Crippen molar-refractivity contribution in [1.29, 1.82) is 0 Å². The highest BCUT2D eigenvalue weighted by atomic mass is 16.5. The number of aromatic amines is 1. The molecule has 0 unspecified atom stereocenters. The molecule has 0 saturated heterocycles. The molecule has 1 atom stereocenters. The Bertz CT molecular complexity index is 1260. The van der Waals surface area contributed by atoms with Gasteiger partial charge in [-0.1, -0.05) is 18.2 Å². The van der Waals surface area contributed by atoms with Crippen molar-refractivity contribution in [2.24, 2.45) is 0 Å². The SMILES string of the molecule is Cc1oc(-c2ccc(-c3ccc[nH]3)cc2)nc1CCOc1ccc2c(c1)CC[C@H]2CC(=O)O. The molecule has 1 aliphatic carbocycles. The number of carbonyl (C=O) groups is 1. The van der Waals surface area contributed by atoms with Crippen LogP contribution in [0.25, 0.3) is 22.7 Å². The van der Waals surface area contributed by atoms with Crippen molar-refractivity contribution in [2.75, 3.05) is 6.61 Å². The van der Waals surface area contributed by atoms with Gasteiger partial charge in [0.1, 0.15) is 11.5 Å². The maximum atomic E-state index is 11.1. The first-order valence-corrected chi connectivity index (χ1v) is 11.2. The van der Waals surface area contributed by atoms with Crippen LogP contribution in [0.5, 0.6) is 5.75 Å². The summed E-state index contributed by atoms with van der Waals surface area (Å²) < 4.78 is 11.9. The van der Waals surface area contributed by atoms with Gasteiger partial charge in [0.2, 0.25) is 5.89 Å². The molecule has 0 spiro atoms. The summed E-state index contributed by atoms with van der Waals surface area (Å²) in [4.78, 5) is 18.9. The lowest BCUT2D eigenvalue weighted by molar-refractivity contribution is -0.137. The van der Waals surface area contributed by atoms with Crippen LogP contribution in [0.3, 0.4) is 0 Å². The minimum absolute atomic E-state index is 0.111. The number of hydrogen-bond acceptors (Lipinski definition) is 4. The van der Waals surface area contributed by atoms with Gasteiger partial charge in [-0.25, -0.2) is 4.98 Å². The topological polar surface area (TPSA) is 88.4 Å². The number of rotatable bonds is 8. The van der Waals surface area contributed by atoms with Crippen LogP contribution in [0.4, 0.5) is 0 Å². The summed E-state index contributed by atoms with van der Waals surface area (Å²) in [5, 5.41) is 9.09. The number of nitrogens with zero attached hydrogens (tertiary/aromatic N) is 1. The van der Waals surface area contributed by atoms with Gasteiger partial charge in [0.25, 0.3) is 0 Å². The van der Waals surface area contributed by atoms with Crippen LogP contribution in [0.15, 0.2) is 65.2 Å². The fourth-order valence-electron chi connectivity index (χ4n) is 4.55. The fourth-order valence-corrected chi connectivity index (χ4v) is 4.55. The molecule has 33 heavy (non-hydrogen) atoms. The van der Waals surface area contributed by atoms with Gasteiger partial charge in [0.15, 0.2) is 0 Å². The number of oxazole rings is 1. The molecule has 0 amide bonds. The molecule has 0 saturated carbocycles. The highest BCUT2D eigenvalue weighted by Gasteiger charge is 2.25. The van der Waals surface area contributed by atoms with Crippen molar-refractivity contribution in [1.82, 2.24) is 9.97 Å². The smallest absolute Gasteiger partial charge is 0.303 e. The predicted octanol–water partition coefficient (Wildman–Crippen LogP) is 5.77. The minimum Gasteiger partial charge on any atom is -0.493 e. The molecule has 0 bridgehead atoms. The third-order valence-electron chi connectivity index (χ3n) is 6.28. The van der Waals surface area contributed by atoms with Gasteiger partial charge < -0.3 is 19.2 Å². The number of hydrogen-bond donors (Lipinski definition) is 2. The molecule has 168 valence electrons. The summed E-state index contributed by atoms with van der Waals surface area (Å²) in [7, 11) is 0. The monoisotopic (exact) mass is 442 g/mol. The molecule has 6 heteroatoms. The summed E-state index contributed by atoms with van der Waals surface area (Å²) in [5.41, 5.74) is 6.36. The van der Waals surface area contributed by atoms with E-state index in [0.29, 0.717) is 18.9 Å². The number of aryl methyl sites for hydroxylation is 2. The second-order valence-corrected chi connectivity index (χ2v) is 8.48. The zero-order valence-corrected chi connectivity index (χ0v) is 18.5. The van der Waals surface area contributed by atoms with Gasteiger partial charge in [0.05, 0.1) is 18.7 Å². The molecule has 5 rings (SSSR count). The second kappa shape index (κ2) is 8.98. The number of carboxylic acids is 1. The van der Waals surface area contributed by atoms with Crippen LogP contribution in [0.2, 0.25) is 0 Å². The first kappa shape index (κ1) is 21.1. The van der Waals surface area contributed by atoms with Crippen molar-refractivity contribution >= 4 is 5.97 Å². The maximum Gasteiger partial charge on any atom is 0.303 e. The van der Waals surface area contributed by atoms with Crippen LogP contribution >= 0.6 is 0 Å². The third kappa shape index (κ3) is 4.55. The highest BCUT2D eigenvalue weighted by molar-refractivity contribution is 5.68. The van der Waals surface area contributed by atoms with Gasteiger partial charge in [-0.15, -0.1) is 0 Å². The average Bonchev–Trinajstić information content (AvgIpc) is 3.55. The number of aliphatic carboxylic acids is 1. The summed E-state index contributed by atoms with van der Waals surface area (Å²) >= 11 is 0. The van der Waals surface area contributed by atoms with Crippen LogP contribution < -0.4 is 4.74 Å². The highest BCUT2D eigenvalue weighted by Crippen LogP contribution is 2.37. The van der Waals surface area contributed by atoms with E-state index in [9.17, 15) is 4.79 Å². The van der Waals surface area contributed by atoms with E-state index >= 15 is 0 Å². The van der Waals surface area contributed by atoms with E-state index in [-0.39, 0.29) is 12.3 Å². The van der Waals surface area contributed by atoms with Crippen LogP contribution in [-0.2, 0) is 17.6 Å². The van der Waals surface area contributed by atoms with Crippen LogP contribution in [0, 0.1) is 6.92 Å². The van der Waals surface area contributed by atoms with Gasteiger partial charge in [-0.2, -0.15) is 0 Å². The molecule has 2 heterocycles. The van der Waals surface area contributed by atoms with E-state index in [0.717, 1.165) is 52.4 Å². The first-order valence-electron chi connectivity index (χ1n) is 11.2. The Morgan fingerprint density at radius 3 is 2.76 bits per heavy atom. The maximum absolute atomic E-state index is 11.1. The molecular weight excluding hydrogens is 416 g/mol. The van der Waals surface area contributed by atoms with Crippen molar-refractivity contribution in [2.45, 2.75) is 38.5 Å². The molecule has 2 aromatic heterocycles. The number of aromatic nitrogens is 2. The lowest BCUT2D eigenvalue weighted by atomic mass is 9.98. The van der Waals surface area contributed by atoms with Crippen molar-refractivity contribution in [3.8, 4) is 28.5 Å². The van der Waals surface area contributed by atoms with E-state index in [1.165, 1.54) is 5.56 Å².